The average molecular weight is 376 g/mol. The van der Waals surface area contributed by atoms with Crippen molar-refractivity contribution in [2.24, 2.45) is 0 Å². The molecule has 3 aromatic rings. The number of ether oxygens (including phenoxy) is 1. The molecule has 1 fully saturated rings. The van der Waals surface area contributed by atoms with Crippen LogP contribution in [0.4, 0.5) is 5.69 Å². The molecule has 4 rings (SSSR count). The van der Waals surface area contributed by atoms with Crippen LogP contribution in [0.5, 0.6) is 5.75 Å². The minimum absolute atomic E-state index is 0.0188. The van der Waals surface area contributed by atoms with Gasteiger partial charge in [0.05, 0.1) is 29.7 Å². The zero-order valence-electron chi connectivity index (χ0n) is 16.0. The van der Waals surface area contributed by atoms with Gasteiger partial charge in [-0.1, -0.05) is 42.5 Å². The number of H-pyrrole nitrogens is 1. The lowest BCUT2D eigenvalue weighted by Crippen LogP contribution is -2.49. The van der Waals surface area contributed by atoms with Gasteiger partial charge in [0.1, 0.15) is 5.75 Å². The van der Waals surface area contributed by atoms with E-state index >= 15 is 0 Å². The zero-order valence-corrected chi connectivity index (χ0v) is 16.0. The number of amides is 1. The van der Waals surface area contributed by atoms with E-state index in [1.807, 2.05) is 60.4 Å². The zero-order chi connectivity index (χ0) is 19.3. The Bertz CT molecular complexity index is 930. The van der Waals surface area contributed by atoms with Crippen molar-refractivity contribution in [3.05, 3.63) is 66.4 Å². The summed E-state index contributed by atoms with van der Waals surface area (Å²) in [6.07, 6.45) is 1.63. The van der Waals surface area contributed by atoms with E-state index in [0.29, 0.717) is 25.3 Å². The van der Waals surface area contributed by atoms with Crippen LogP contribution in [0.15, 0.2) is 60.8 Å². The summed E-state index contributed by atoms with van der Waals surface area (Å²) in [5, 5.41) is 7.08. The number of nitrogens with one attached hydrogen (secondary N) is 1. The number of rotatable bonds is 5. The Morgan fingerprint density at radius 2 is 1.75 bits per heavy atom. The third-order valence-corrected chi connectivity index (χ3v) is 5.00. The van der Waals surface area contributed by atoms with Crippen LogP contribution in [0, 0.1) is 0 Å². The summed E-state index contributed by atoms with van der Waals surface area (Å²) in [6.45, 7) is 5.50. The summed E-state index contributed by atoms with van der Waals surface area (Å²) < 4.78 is 5.75. The van der Waals surface area contributed by atoms with Gasteiger partial charge in [-0.25, -0.2) is 0 Å². The Labute approximate surface area is 164 Å². The number of piperazine rings is 1. The third kappa shape index (κ3) is 3.58. The average Bonchev–Trinajstić information content (AvgIpc) is 3.25. The van der Waals surface area contributed by atoms with Gasteiger partial charge in [0.25, 0.3) is 5.91 Å². The quantitative estimate of drug-likeness (QED) is 0.741. The minimum atomic E-state index is 0.0188. The van der Waals surface area contributed by atoms with Crippen molar-refractivity contribution >= 4 is 11.6 Å². The van der Waals surface area contributed by atoms with Crippen molar-refractivity contribution in [2.75, 3.05) is 37.7 Å². The SMILES string of the molecule is CCOc1ccccc1N1CCN(C(=O)c2cn[nH]c2-c2ccccc2)CC1. The van der Waals surface area contributed by atoms with Crippen molar-refractivity contribution in [1.29, 1.82) is 0 Å². The Hall–Kier alpha value is -3.28. The maximum atomic E-state index is 13.1. The molecule has 0 atom stereocenters. The van der Waals surface area contributed by atoms with E-state index in [-0.39, 0.29) is 5.91 Å². The summed E-state index contributed by atoms with van der Waals surface area (Å²) in [5.74, 6) is 0.913. The first-order valence-corrected chi connectivity index (χ1v) is 9.62. The summed E-state index contributed by atoms with van der Waals surface area (Å²) in [5.41, 5.74) is 3.45. The van der Waals surface area contributed by atoms with E-state index < -0.39 is 0 Å². The monoisotopic (exact) mass is 376 g/mol. The molecule has 1 aromatic heterocycles. The number of carbonyl (C=O) groups excluding carboxylic acids is 1. The molecule has 28 heavy (non-hydrogen) atoms. The van der Waals surface area contributed by atoms with Gasteiger partial charge in [0.15, 0.2) is 0 Å². The van der Waals surface area contributed by atoms with Crippen LogP contribution in [0.1, 0.15) is 17.3 Å². The fourth-order valence-corrected chi connectivity index (χ4v) is 3.59. The molecular formula is C22H24N4O2. The van der Waals surface area contributed by atoms with Crippen LogP contribution in [0.3, 0.4) is 0 Å². The third-order valence-electron chi connectivity index (χ3n) is 5.00. The smallest absolute Gasteiger partial charge is 0.257 e. The van der Waals surface area contributed by atoms with Crippen molar-refractivity contribution in [3.63, 3.8) is 0 Å². The number of aromatic nitrogens is 2. The van der Waals surface area contributed by atoms with Crippen LogP contribution < -0.4 is 9.64 Å². The van der Waals surface area contributed by atoms with Crippen LogP contribution in [0.25, 0.3) is 11.3 Å². The van der Waals surface area contributed by atoms with Crippen molar-refractivity contribution in [3.8, 4) is 17.0 Å². The lowest BCUT2D eigenvalue weighted by Gasteiger charge is -2.36. The molecule has 1 saturated heterocycles. The Morgan fingerprint density at radius 3 is 2.50 bits per heavy atom. The van der Waals surface area contributed by atoms with Gasteiger partial charge in [-0.2, -0.15) is 5.10 Å². The van der Waals surface area contributed by atoms with Gasteiger partial charge in [-0.3, -0.25) is 9.89 Å². The van der Waals surface area contributed by atoms with Gasteiger partial charge < -0.3 is 14.5 Å². The maximum absolute atomic E-state index is 13.1. The number of nitrogens with zero attached hydrogens (tertiary/aromatic N) is 3. The molecule has 2 aromatic carbocycles. The molecule has 0 aliphatic carbocycles. The summed E-state index contributed by atoms with van der Waals surface area (Å²) in [7, 11) is 0. The Kier molecular flexibility index (Phi) is 5.28. The first-order valence-electron chi connectivity index (χ1n) is 9.62. The summed E-state index contributed by atoms with van der Waals surface area (Å²) in [4.78, 5) is 17.3. The molecule has 6 heteroatoms. The molecule has 0 spiro atoms. The fourth-order valence-electron chi connectivity index (χ4n) is 3.59. The topological polar surface area (TPSA) is 61.5 Å². The second kappa shape index (κ2) is 8.17. The van der Waals surface area contributed by atoms with Gasteiger partial charge in [-0.05, 0) is 19.1 Å². The number of benzene rings is 2. The molecule has 0 bridgehead atoms. The number of aromatic amines is 1. The molecule has 0 radical (unpaired) electrons. The van der Waals surface area contributed by atoms with Gasteiger partial charge in [-0.15, -0.1) is 0 Å². The van der Waals surface area contributed by atoms with E-state index in [1.165, 1.54) is 0 Å². The highest BCUT2D eigenvalue weighted by atomic mass is 16.5. The maximum Gasteiger partial charge on any atom is 0.257 e. The van der Waals surface area contributed by atoms with Crippen LogP contribution in [-0.4, -0.2) is 53.8 Å². The number of hydrogen-bond donors (Lipinski definition) is 1. The van der Waals surface area contributed by atoms with Gasteiger partial charge in [0, 0.05) is 31.7 Å². The van der Waals surface area contributed by atoms with E-state index in [2.05, 4.69) is 21.2 Å². The molecule has 0 saturated carbocycles. The molecule has 1 aliphatic rings. The normalized spacial score (nSPS) is 14.2. The van der Waals surface area contributed by atoms with E-state index in [4.69, 9.17) is 4.74 Å². The molecule has 6 nitrogen and oxygen atoms in total. The molecular weight excluding hydrogens is 352 g/mol. The predicted molar refractivity (Wildman–Crippen MR) is 110 cm³/mol. The number of anilines is 1. The minimum Gasteiger partial charge on any atom is -0.492 e. The highest BCUT2D eigenvalue weighted by Crippen LogP contribution is 2.29. The largest absolute Gasteiger partial charge is 0.492 e. The van der Waals surface area contributed by atoms with Crippen LogP contribution in [-0.2, 0) is 0 Å². The molecule has 1 amide bonds. The highest BCUT2D eigenvalue weighted by Gasteiger charge is 2.26. The van der Waals surface area contributed by atoms with E-state index in [9.17, 15) is 4.79 Å². The van der Waals surface area contributed by atoms with Gasteiger partial charge in [0.2, 0.25) is 0 Å². The van der Waals surface area contributed by atoms with Crippen molar-refractivity contribution in [1.82, 2.24) is 15.1 Å². The van der Waals surface area contributed by atoms with Crippen LogP contribution >= 0.6 is 0 Å². The molecule has 0 unspecified atom stereocenters. The Balaban J connectivity index is 1.47. The first-order chi connectivity index (χ1) is 13.8. The summed E-state index contributed by atoms with van der Waals surface area (Å²) in [6, 6.07) is 17.9. The second-order valence-electron chi connectivity index (χ2n) is 6.70. The lowest BCUT2D eigenvalue weighted by molar-refractivity contribution is 0.0747. The first kappa shape index (κ1) is 18.1. The van der Waals surface area contributed by atoms with Crippen molar-refractivity contribution < 1.29 is 9.53 Å². The van der Waals surface area contributed by atoms with E-state index in [0.717, 1.165) is 35.8 Å². The lowest BCUT2D eigenvalue weighted by atomic mass is 10.1. The molecule has 1 N–H and O–H groups in total. The molecule has 2 heterocycles. The number of hydrogen-bond acceptors (Lipinski definition) is 4. The predicted octanol–water partition coefficient (Wildman–Crippen LogP) is 3.44. The van der Waals surface area contributed by atoms with Crippen LogP contribution in [0.2, 0.25) is 0 Å². The standard InChI is InChI=1S/C22H24N4O2/c1-2-28-20-11-7-6-10-19(20)25-12-14-26(15-13-25)22(27)18-16-23-24-21(18)17-8-4-3-5-9-17/h3-11,16H,2,12-15H2,1H3,(H,23,24). The Morgan fingerprint density at radius 1 is 1.04 bits per heavy atom. The second-order valence-corrected chi connectivity index (χ2v) is 6.70. The molecule has 1 aliphatic heterocycles. The van der Waals surface area contributed by atoms with Crippen molar-refractivity contribution in [2.45, 2.75) is 6.92 Å². The summed E-state index contributed by atoms with van der Waals surface area (Å²) >= 11 is 0. The number of carbonyl (C=O) groups is 1. The van der Waals surface area contributed by atoms with E-state index in [1.54, 1.807) is 6.20 Å². The highest BCUT2D eigenvalue weighted by molar-refractivity contribution is 5.99. The fraction of sp³-hybridized carbons (Fsp3) is 0.273. The molecule has 144 valence electrons. The number of para-hydroxylation sites is 2. The van der Waals surface area contributed by atoms with Gasteiger partial charge >= 0.3 is 0 Å².